The molecular weight excluding hydrogens is 292 g/mol. The lowest BCUT2D eigenvalue weighted by molar-refractivity contribution is 0.302. The Kier molecular flexibility index (Phi) is 4.68. The average Bonchev–Trinajstić information content (AvgIpc) is 2.85. The van der Waals surface area contributed by atoms with Crippen molar-refractivity contribution in [1.82, 2.24) is 4.98 Å². The Hall–Kier alpha value is -1.10. The van der Waals surface area contributed by atoms with Crippen LogP contribution >= 0.6 is 22.9 Å². The summed E-state index contributed by atoms with van der Waals surface area (Å²) < 4.78 is 5.81. The monoisotopic (exact) mass is 310 g/mol. The Labute approximate surface area is 128 Å². The molecule has 2 rings (SSSR count). The first-order chi connectivity index (χ1) is 9.41. The zero-order valence-corrected chi connectivity index (χ0v) is 13.5. The number of para-hydroxylation sites is 1. The molecule has 1 heterocycles. The molecule has 5 heteroatoms. The van der Waals surface area contributed by atoms with Crippen LogP contribution in [0.2, 0.25) is 5.02 Å². The molecule has 1 aromatic heterocycles. The van der Waals surface area contributed by atoms with Gasteiger partial charge in [0.05, 0.1) is 10.7 Å². The largest absolute Gasteiger partial charge is 0.485 e. The minimum atomic E-state index is 0.0571. The molecule has 0 saturated heterocycles. The van der Waals surface area contributed by atoms with Crippen molar-refractivity contribution in [3.63, 3.8) is 0 Å². The molecule has 0 amide bonds. The van der Waals surface area contributed by atoms with Crippen molar-refractivity contribution in [3.05, 3.63) is 44.9 Å². The van der Waals surface area contributed by atoms with E-state index in [2.05, 4.69) is 31.1 Å². The van der Waals surface area contributed by atoms with Crippen molar-refractivity contribution in [2.75, 3.05) is 0 Å². The SMILES string of the molecule is CC(C)(C)c1csc(COc2c(Cl)cccc2CN)n1. The van der Waals surface area contributed by atoms with Crippen molar-refractivity contribution < 1.29 is 4.74 Å². The van der Waals surface area contributed by atoms with Gasteiger partial charge in [-0.15, -0.1) is 11.3 Å². The maximum absolute atomic E-state index is 6.15. The summed E-state index contributed by atoms with van der Waals surface area (Å²) in [4.78, 5) is 4.60. The van der Waals surface area contributed by atoms with Crippen molar-refractivity contribution >= 4 is 22.9 Å². The van der Waals surface area contributed by atoms with Gasteiger partial charge in [0.1, 0.15) is 17.4 Å². The fraction of sp³-hybridized carbons (Fsp3) is 0.400. The number of benzene rings is 1. The zero-order valence-electron chi connectivity index (χ0n) is 11.9. The molecule has 2 N–H and O–H groups in total. The molecule has 0 bridgehead atoms. The second kappa shape index (κ2) is 6.12. The van der Waals surface area contributed by atoms with Crippen LogP contribution in [-0.4, -0.2) is 4.98 Å². The summed E-state index contributed by atoms with van der Waals surface area (Å²) in [5.41, 5.74) is 7.75. The quantitative estimate of drug-likeness (QED) is 0.923. The van der Waals surface area contributed by atoms with Gasteiger partial charge in [-0.3, -0.25) is 0 Å². The lowest BCUT2D eigenvalue weighted by Gasteiger charge is -2.14. The Morgan fingerprint density at radius 2 is 2.10 bits per heavy atom. The average molecular weight is 311 g/mol. The molecule has 0 aliphatic heterocycles. The summed E-state index contributed by atoms with van der Waals surface area (Å²) in [6, 6.07) is 5.60. The first kappa shape index (κ1) is 15.3. The van der Waals surface area contributed by atoms with Gasteiger partial charge in [-0.25, -0.2) is 4.98 Å². The van der Waals surface area contributed by atoms with E-state index in [1.165, 1.54) is 0 Å². The number of ether oxygens (including phenoxy) is 1. The summed E-state index contributed by atoms with van der Waals surface area (Å²) in [5, 5.41) is 3.60. The van der Waals surface area contributed by atoms with Crippen LogP contribution in [0, 0.1) is 0 Å². The number of aromatic nitrogens is 1. The summed E-state index contributed by atoms with van der Waals surface area (Å²) in [7, 11) is 0. The molecule has 0 unspecified atom stereocenters. The van der Waals surface area contributed by atoms with Crippen molar-refractivity contribution in [3.8, 4) is 5.75 Å². The van der Waals surface area contributed by atoms with Gasteiger partial charge in [-0.1, -0.05) is 44.5 Å². The summed E-state index contributed by atoms with van der Waals surface area (Å²) in [6.07, 6.45) is 0. The van der Waals surface area contributed by atoms with Crippen LogP contribution in [0.4, 0.5) is 0 Å². The Balaban J connectivity index is 2.11. The third-order valence-electron chi connectivity index (χ3n) is 2.93. The number of thiazole rings is 1. The normalized spacial score (nSPS) is 11.7. The highest BCUT2D eigenvalue weighted by atomic mass is 35.5. The molecule has 0 atom stereocenters. The van der Waals surface area contributed by atoms with Gasteiger partial charge >= 0.3 is 0 Å². The fourth-order valence-corrected chi connectivity index (χ4v) is 2.91. The molecule has 0 fully saturated rings. The third kappa shape index (κ3) is 3.51. The zero-order chi connectivity index (χ0) is 14.8. The van der Waals surface area contributed by atoms with Crippen molar-refractivity contribution in [2.24, 2.45) is 5.73 Å². The number of hydrogen-bond acceptors (Lipinski definition) is 4. The molecule has 1 aromatic carbocycles. The summed E-state index contributed by atoms with van der Waals surface area (Å²) in [6.45, 7) is 7.26. The van der Waals surface area contributed by atoms with Gasteiger partial charge in [-0.2, -0.15) is 0 Å². The standard InChI is InChI=1S/C15H19ClN2OS/c1-15(2,3)12-9-20-13(18-12)8-19-14-10(7-17)5-4-6-11(14)16/h4-6,9H,7-8,17H2,1-3H3. The Morgan fingerprint density at radius 1 is 1.35 bits per heavy atom. The molecule has 0 radical (unpaired) electrons. The van der Waals surface area contributed by atoms with Gasteiger partial charge in [0.25, 0.3) is 0 Å². The molecule has 3 nitrogen and oxygen atoms in total. The van der Waals surface area contributed by atoms with Gasteiger partial charge in [0.15, 0.2) is 0 Å². The van der Waals surface area contributed by atoms with Gasteiger partial charge in [0.2, 0.25) is 0 Å². The highest BCUT2D eigenvalue weighted by Gasteiger charge is 2.17. The van der Waals surface area contributed by atoms with Gasteiger partial charge < -0.3 is 10.5 Å². The fourth-order valence-electron chi connectivity index (χ4n) is 1.73. The highest BCUT2D eigenvalue weighted by molar-refractivity contribution is 7.09. The molecule has 0 spiro atoms. The first-order valence-electron chi connectivity index (χ1n) is 6.47. The molecule has 0 saturated carbocycles. The van der Waals surface area contributed by atoms with E-state index in [9.17, 15) is 0 Å². The smallest absolute Gasteiger partial charge is 0.143 e. The van der Waals surface area contributed by atoms with Crippen molar-refractivity contribution in [1.29, 1.82) is 0 Å². The van der Waals surface area contributed by atoms with Crippen molar-refractivity contribution in [2.45, 2.75) is 39.3 Å². The minimum Gasteiger partial charge on any atom is -0.485 e. The van der Waals surface area contributed by atoms with E-state index in [1.54, 1.807) is 17.4 Å². The molecule has 2 aromatic rings. The van der Waals surface area contributed by atoms with E-state index in [-0.39, 0.29) is 5.41 Å². The van der Waals surface area contributed by atoms with E-state index < -0.39 is 0 Å². The lowest BCUT2D eigenvalue weighted by Crippen LogP contribution is -2.11. The van der Waals surface area contributed by atoms with E-state index in [0.717, 1.165) is 16.3 Å². The molecule has 0 aliphatic carbocycles. The predicted molar refractivity (Wildman–Crippen MR) is 84.5 cm³/mol. The molecular formula is C15H19ClN2OS. The Morgan fingerprint density at radius 3 is 2.70 bits per heavy atom. The number of nitrogens with two attached hydrogens (primary N) is 1. The maximum Gasteiger partial charge on any atom is 0.143 e. The third-order valence-corrected chi connectivity index (χ3v) is 4.05. The van der Waals surface area contributed by atoms with Gasteiger partial charge in [0, 0.05) is 22.9 Å². The number of hydrogen-bond donors (Lipinski definition) is 1. The molecule has 108 valence electrons. The maximum atomic E-state index is 6.15. The Bertz CT molecular complexity index is 590. The molecule has 0 aliphatic rings. The van der Waals surface area contributed by atoms with E-state index in [1.807, 2.05) is 12.1 Å². The highest BCUT2D eigenvalue weighted by Crippen LogP contribution is 2.30. The van der Waals surface area contributed by atoms with Crippen LogP contribution in [-0.2, 0) is 18.6 Å². The van der Waals surface area contributed by atoms with Crippen LogP contribution in [0.5, 0.6) is 5.75 Å². The number of nitrogens with zero attached hydrogens (tertiary/aromatic N) is 1. The summed E-state index contributed by atoms with van der Waals surface area (Å²) >= 11 is 7.76. The molecule has 20 heavy (non-hydrogen) atoms. The van der Waals surface area contributed by atoms with Crippen LogP contribution < -0.4 is 10.5 Å². The first-order valence-corrected chi connectivity index (χ1v) is 7.72. The number of halogens is 1. The number of rotatable bonds is 4. The van der Waals surface area contributed by atoms with Crippen LogP contribution in [0.15, 0.2) is 23.6 Å². The predicted octanol–water partition coefficient (Wildman–Crippen LogP) is 4.13. The summed E-state index contributed by atoms with van der Waals surface area (Å²) in [5.74, 6) is 0.657. The second-order valence-electron chi connectivity index (χ2n) is 5.60. The van der Waals surface area contributed by atoms with Crippen LogP contribution in [0.25, 0.3) is 0 Å². The van der Waals surface area contributed by atoms with E-state index in [4.69, 9.17) is 22.1 Å². The van der Waals surface area contributed by atoms with Crippen LogP contribution in [0.1, 0.15) is 37.0 Å². The second-order valence-corrected chi connectivity index (χ2v) is 6.95. The topological polar surface area (TPSA) is 48.1 Å². The van der Waals surface area contributed by atoms with Gasteiger partial charge in [-0.05, 0) is 6.07 Å². The minimum absolute atomic E-state index is 0.0571. The van der Waals surface area contributed by atoms with E-state index in [0.29, 0.717) is 23.9 Å². The van der Waals surface area contributed by atoms with E-state index >= 15 is 0 Å². The lowest BCUT2D eigenvalue weighted by atomic mass is 9.93. The van der Waals surface area contributed by atoms with Crippen LogP contribution in [0.3, 0.4) is 0 Å².